The predicted molar refractivity (Wildman–Crippen MR) is 108 cm³/mol. The van der Waals surface area contributed by atoms with Crippen LogP contribution in [0.2, 0.25) is 0 Å². The van der Waals surface area contributed by atoms with Gasteiger partial charge in [0, 0.05) is 29.4 Å². The first kappa shape index (κ1) is 19.2. The maximum Gasteiger partial charge on any atom is 0.416 e. The number of alkyl halides is 3. The topological polar surface area (TPSA) is 55.1 Å². The molecule has 3 heterocycles. The number of nitrogens with zero attached hydrogens (tertiary/aromatic N) is 1. The number of benzene rings is 1. The lowest BCUT2D eigenvalue weighted by atomic mass is 10.1. The number of hydrogen-bond acceptors (Lipinski definition) is 5. The van der Waals surface area contributed by atoms with Crippen molar-refractivity contribution in [2.45, 2.75) is 6.18 Å². The third-order valence-electron chi connectivity index (χ3n) is 3.89. The van der Waals surface area contributed by atoms with Crippen LogP contribution in [0.4, 0.5) is 13.2 Å². The Labute approximate surface area is 172 Å². The average molecular weight is 430 g/mol. The van der Waals surface area contributed by atoms with Crippen LogP contribution in [0.3, 0.4) is 0 Å². The van der Waals surface area contributed by atoms with Gasteiger partial charge in [-0.1, -0.05) is 41.9 Å². The molecule has 4 nitrogen and oxygen atoms in total. The number of amides is 1. The minimum atomic E-state index is -4.43. The summed E-state index contributed by atoms with van der Waals surface area (Å²) in [5.41, 5.74) is 0.303. The number of aromatic nitrogens is 1. The van der Waals surface area contributed by atoms with Crippen molar-refractivity contribution in [2.24, 2.45) is 0 Å². The van der Waals surface area contributed by atoms with E-state index in [-0.39, 0.29) is 11.5 Å². The van der Waals surface area contributed by atoms with Gasteiger partial charge in [0.1, 0.15) is 10.1 Å². The van der Waals surface area contributed by atoms with Crippen LogP contribution in [0.15, 0.2) is 52.0 Å². The highest BCUT2D eigenvalue weighted by Gasteiger charge is 2.30. The van der Waals surface area contributed by atoms with E-state index in [1.807, 2.05) is 0 Å². The lowest BCUT2D eigenvalue weighted by Gasteiger charge is -2.05. The number of halogens is 3. The lowest BCUT2D eigenvalue weighted by molar-refractivity contribution is -0.137. The molecule has 0 aliphatic carbocycles. The van der Waals surface area contributed by atoms with Gasteiger partial charge in [0.25, 0.3) is 5.91 Å². The number of nitrogens with one attached hydrogen (secondary N) is 1. The number of carbonyl (C=O) groups is 1. The van der Waals surface area contributed by atoms with E-state index >= 15 is 0 Å². The Morgan fingerprint density at radius 1 is 1.21 bits per heavy atom. The molecule has 0 unspecified atom stereocenters. The lowest BCUT2D eigenvalue weighted by Crippen LogP contribution is -2.17. The van der Waals surface area contributed by atoms with Crippen molar-refractivity contribution in [2.75, 3.05) is 0 Å². The van der Waals surface area contributed by atoms with Crippen molar-refractivity contribution >= 4 is 51.3 Å². The molecule has 1 fully saturated rings. The second-order valence-electron chi connectivity index (χ2n) is 5.93. The molecule has 0 saturated carbocycles. The van der Waals surface area contributed by atoms with Gasteiger partial charge in [-0.25, -0.2) is 0 Å². The number of fused-ring (bicyclic) bond motifs is 1. The Bertz CT molecular complexity index is 1250. The summed E-state index contributed by atoms with van der Waals surface area (Å²) in [6.07, 6.45) is 0.164. The second-order valence-corrected chi connectivity index (χ2v) is 7.65. The summed E-state index contributed by atoms with van der Waals surface area (Å²) in [6.45, 7) is 0. The molecular weight excluding hydrogens is 421 g/mol. The first-order valence-corrected chi connectivity index (χ1v) is 9.34. The second kappa shape index (κ2) is 7.39. The Hall–Kier alpha value is -3.09. The monoisotopic (exact) mass is 430 g/mol. The van der Waals surface area contributed by atoms with Crippen molar-refractivity contribution in [3.05, 3.63) is 70.1 Å². The van der Waals surface area contributed by atoms with E-state index in [2.05, 4.69) is 22.1 Å². The van der Waals surface area contributed by atoms with Gasteiger partial charge in [0.15, 0.2) is 5.58 Å². The molecule has 0 radical (unpaired) electrons. The van der Waals surface area contributed by atoms with Crippen molar-refractivity contribution in [1.29, 1.82) is 0 Å². The molecule has 144 valence electrons. The molecule has 0 atom stereocenters. The summed E-state index contributed by atoms with van der Waals surface area (Å²) in [4.78, 5) is 16.3. The Morgan fingerprint density at radius 2 is 2.03 bits per heavy atom. The van der Waals surface area contributed by atoms with Crippen LogP contribution in [0, 0.1) is 11.8 Å². The van der Waals surface area contributed by atoms with Crippen molar-refractivity contribution in [1.82, 2.24) is 10.3 Å². The van der Waals surface area contributed by atoms with Crippen LogP contribution in [0.5, 0.6) is 0 Å². The standard InChI is InChI=1S/C20H9F3N2O2S2/c21-20(22,23)14-3-1-2-11(6-14)4-5-12-9-24-10-13-7-15(27-17(12)13)8-16-18(26)25-19(28)29-16/h1-3,6-10H,(H,25,26,28)/b16-8+. The maximum atomic E-state index is 12.8. The van der Waals surface area contributed by atoms with E-state index in [1.54, 1.807) is 18.3 Å². The van der Waals surface area contributed by atoms with Crippen molar-refractivity contribution in [3.8, 4) is 11.8 Å². The summed E-state index contributed by atoms with van der Waals surface area (Å²) in [5.74, 6) is 5.63. The van der Waals surface area contributed by atoms with Crippen LogP contribution in [-0.2, 0) is 11.0 Å². The zero-order valence-corrected chi connectivity index (χ0v) is 16.0. The molecule has 0 bridgehead atoms. The van der Waals surface area contributed by atoms with E-state index < -0.39 is 11.7 Å². The number of rotatable bonds is 1. The summed E-state index contributed by atoms with van der Waals surface area (Å²) < 4.78 is 44.7. The molecule has 4 rings (SSSR count). The van der Waals surface area contributed by atoms with Crippen LogP contribution in [0.25, 0.3) is 17.0 Å². The quantitative estimate of drug-likeness (QED) is 0.344. The van der Waals surface area contributed by atoms with Gasteiger partial charge >= 0.3 is 6.18 Å². The molecule has 1 aliphatic heterocycles. The Kier molecular flexibility index (Phi) is 4.90. The zero-order chi connectivity index (χ0) is 20.6. The molecule has 9 heteroatoms. The first-order chi connectivity index (χ1) is 13.8. The molecule has 1 aromatic carbocycles. The van der Waals surface area contributed by atoms with Gasteiger partial charge in [0.05, 0.1) is 16.0 Å². The number of thiocarbonyl (C=S) groups is 1. The highest BCUT2D eigenvalue weighted by Crippen LogP contribution is 2.30. The van der Waals surface area contributed by atoms with E-state index in [1.165, 1.54) is 18.3 Å². The van der Waals surface area contributed by atoms with Crippen LogP contribution >= 0.6 is 24.0 Å². The van der Waals surface area contributed by atoms with Crippen LogP contribution in [-0.4, -0.2) is 15.2 Å². The Morgan fingerprint density at radius 3 is 2.76 bits per heavy atom. The van der Waals surface area contributed by atoms with Gasteiger partial charge in [0.2, 0.25) is 0 Å². The molecule has 1 amide bonds. The summed E-state index contributed by atoms with van der Waals surface area (Å²) in [5, 5.41) is 3.17. The smallest absolute Gasteiger partial charge is 0.416 e. The molecular formula is C20H9F3N2O2S2. The van der Waals surface area contributed by atoms with E-state index in [0.29, 0.717) is 31.5 Å². The third kappa shape index (κ3) is 4.18. The average Bonchev–Trinajstić information content (AvgIpc) is 3.22. The Balaban J connectivity index is 1.69. The zero-order valence-electron chi connectivity index (χ0n) is 14.3. The minimum Gasteiger partial charge on any atom is -0.455 e. The van der Waals surface area contributed by atoms with Gasteiger partial charge in [-0.15, -0.1) is 0 Å². The van der Waals surface area contributed by atoms with Crippen LogP contribution < -0.4 is 5.32 Å². The number of furan rings is 1. The SMILES string of the molecule is O=C1NC(=S)S/C1=C/c1cc2cncc(C#Cc3cccc(C(F)(F)F)c3)c2o1. The van der Waals surface area contributed by atoms with E-state index in [9.17, 15) is 18.0 Å². The fourth-order valence-corrected chi connectivity index (χ4v) is 3.63. The molecule has 1 aliphatic rings. The molecule has 1 saturated heterocycles. The highest BCUT2D eigenvalue weighted by atomic mass is 32.2. The van der Waals surface area contributed by atoms with Crippen molar-refractivity contribution < 1.29 is 22.4 Å². The van der Waals surface area contributed by atoms with Gasteiger partial charge < -0.3 is 9.73 Å². The van der Waals surface area contributed by atoms with Gasteiger partial charge in [-0.3, -0.25) is 9.78 Å². The highest BCUT2D eigenvalue weighted by molar-refractivity contribution is 8.26. The van der Waals surface area contributed by atoms with Gasteiger partial charge in [-0.2, -0.15) is 13.2 Å². The maximum absolute atomic E-state index is 12.8. The minimum absolute atomic E-state index is 0.221. The number of thioether (sulfide) groups is 1. The van der Waals surface area contributed by atoms with E-state index in [4.69, 9.17) is 16.6 Å². The van der Waals surface area contributed by atoms with E-state index in [0.717, 1.165) is 23.9 Å². The third-order valence-corrected chi connectivity index (χ3v) is 5.05. The summed E-state index contributed by atoms with van der Waals surface area (Å²) >= 11 is 6.08. The molecule has 3 aromatic rings. The first-order valence-electron chi connectivity index (χ1n) is 8.11. The fraction of sp³-hybridized carbons (Fsp3) is 0.0500. The molecule has 1 N–H and O–H groups in total. The van der Waals surface area contributed by atoms with Gasteiger partial charge in [-0.05, 0) is 24.3 Å². The van der Waals surface area contributed by atoms with Crippen LogP contribution in [0.1, 0.15) is 22.5 Å². The number of hydrogen-bond donors (Lipinski definition) is 1. The normalized spacial score (nSPS) is 15.5. The molecule has 2 aromatic heterocycles. The number of pyridine rings is 1. The summed E-state index contributed by atoms with van der Waals surface area (Å²) in [6, 6.07) is 6.46. The summed E-state index contributed by atoms with van der Waals surface area (Å²) in [7, 11) is 0. The molecule has 0 spiro atoms. The fourth-order valence-electron chi connectivity index (χ4n) is 2.61. The predicted octanol–water partition coefficient (Wildman–Crippen LogP) is 4.74. The molecule has 29 heavy (non-hydrogen) atoms. The van der Waals surface area contributed by atoms with Crippen molar-refractivity contribution in [3.63, 3.8) is 0 Å². The largest absolute Gasteiger partial charge is 0.455 e. The number of carbonyl (C=O) groups excluding carboxylic acids is 1.